The number of carbonyl (C=O) groups is 2. The molecule has 0 fully saturated rings. The van der Waals surface area contributed by atoms with Crippen molar-refractivity contribution in [3.63, 3.8) is 0 Å². The molecule has 0 aliphatic heterocycles. The molecule has 27 heavy (non-hydrogen) atoms. The van der Waals surface area contributed by atoms with Crippen molar-refractivity contribution >= 4 is 29.2 Å². The first-order valence-electron chi connectivity index (χ1n) is 8.43. The van der Waals surface area contributed by atoms with Gasteiger partial charge in [-0.15, -0.1) is 0 Å². The number of methoxy groups -OCH3 is 1. The zero-order valence-electron chi connectivity index (χ0n) is 15.4. The number of amides is 1. The van der Waals surface area contributed by atoms with Gasteiger partial charge in [0, 0.05) is 11.3 Å². The minimum atomic E-state index is -0.979. The van der Waals surface area contributed by atoms with Gasteiger partial charge >= 0.3 is 5.97 Å². The number of nitrogens with one attached hydrogen (secondary N) is 1. The first kappa shape index (κ1) is 20.6. The van der Waals surface area contributed by atoms with Crippen LogP contribution in [0.15, 0.2) is 36.4 Å². The Morgan fingerprint density at radius 3 is 2.56 bits per heavy atom. The lowest BCUT2D eigenvalue weighted by Gasteiger charge is -2.16. The predicted molar refractivity (Wildman–Crippen MR) is 104 cm³/mol. The molecule has 0 bridgehead atoms. The monoisotopic (exact) mass is 391 g/mol. The Hall–Kier alpha value is -2.73. The van der Waals surface area contributed by atoms with Gasteiger partial charge in [-0.1, -0.05) is 43.6 Å². The summed E-state index contributed by atoms with van der Waals surface area (Å²) in [4.78, 5) is 23.6. The largest absolute Gasteiger partial charge is 0.493 e. The first-order chi connectivity index (χ1) is 12.8. The average molecular weight is 392 g/mol. The van der Waals surface area contributed by atoms with Gasteiger partial charge in [0.25, 0.3) is 5.91 Å². The molecule has 0 atom stereocenters. The van der Waals surface area contributed by atoms with Crippen molar-refractivity contribution in [3.05, 3.63) is 52.5 Å². The number of hydrogen-bond acceptors (Lipinski definition) is 4. The van der Waals surface area contributed by atoms with E-state index < -0.39 is 11.9 Å². The Bertz CT molecular complexity index is 835. The summed E-state index contributed by atoms with van der Waals surface area (Å²) in [6, 6.07) is 9.77. The minimum absolute atomic E-state index is 0.192. The molecule has 0 aliphatic rings. The van der Waals surface area contributed by atoms with Crippen LogP contribution in [0.1, 0.15) is 29.8 Å². The van der Waals surface area contributed by atoms with Gasteiger partial charge in [-0.2, -0.15) is 0 Å². The Morgan fingerprint density at radius 1 is 1.22 bits per heavy atom. The number of para-hydroxylation sites is 1. The van der Waals surface area contributed by atoms with Crippen LogP contribution in [0.4, 0.5) is 5.69 Å². The molecule has 6 nitrogen and oxygen atoms in total. The molecule has 0 heterocycles. The Labute approximate surface area is 163 Å². The second-order valence-electron chi connectivity index (χ2n) is 6.38. The Balaban J connectivity index is 2.27. The summed E-state index contributed by atoms with van der Waals surface area (Å²) in [7, 11) is 1.47. The third-order valence-corrected chi connectivity index (χ3v) is 3.94. The van der Waals surface area contributed by atoms with Gasteiger partial charge in [-0.05, 0) is 29.7 Å². The molecule has 0 aliphatic carbocycles. The van der Waals surface area contributed by atoms with E-state index in [4.69, 9.17) is 26.2 Å². The summed E-state index contributed by atoms with van der Waals surface area (Å²) >= 11 is 6.28. The van der Waals surface area contributed by atoms with Crippen molar-refractivity contribution in [2.45, 2.75) is 20.3 Å². The highest BCUT2D eigenvalue weighted by Crippen LogP contribution is 2.37. The lowest BCUT2D eigenvalue weighted by atomic mass is 10.1. The van der Waals surface area contributed by atoms with E-state index in [9.17, 15) is 9.59 Å². The van der Waals surface area contributed by atoms with Crippen molar-refractivity contribution in [3.8, 4) is 11.5 Å². The first-order valence-corrected chi connectivity index (χ1v) is 8.81. The van der Waals surface area contributed by atoms with Crippen molar-refractivity contribution in [1.82, 2.24) is 0 Å². The standard InChI is InChI=1S/C20H22ClNO5/c1-12(2)11-27-19-15(21)8-14(9-17(19)26-3)20(25)22-16-7-5-4-6-13(16)10-18(23)24/h4-9,12H,10-11H2,1-3H3,(H,22,25)(H,23,24). The molecule has 0 unspecified atom stereocenters. The number of anilines is 1. The van der Waals surface area contributed by atoms with Gasteiger partial charge in [-0.25, -0.2) is 0 Å². The van der Waals surface area contributed by atoms with Gasteiger partial charge in [0.05, 0.1) is 25.2 Å². The van der Waals surface area contributed by atoms with Crippen LogP contribution in [-0.4, -0.2) is 30.7 Å². The molecule has 2 aromatic rings. The maximum Gasteiger partial charge on any atom is 0.307 e. The van der Waals surface area contributed by atoms with E-state index in [2.05, 4.69) is 5.32 Å². The number of ether oxygens (including phenoxy) is 2. The Morgan fingerprint density at radius 2 is 1.93 bits per heavy atom. The lowest BCUT2D eigenvalue weighted by Crippen LogP contribution is -2.15. The lowest BCUT2D eigenvalue weighted by molar-refractivity contribution is -0.136. The van der Waals surface area contributed by atoms with Gasteiger partial charge in [0.2, 0.25) is 0 Å². The maximum absolute atomic E-state index is 12.6. The van der Waals surface area contributed by atoms with Crippen LogP contribution in [0.2, 0.25) is 5.02 Å². The van der Waals surface area contributed by atoms with Crippen LogP contribution in [0.3, 0.4) is 0 Å². The van der Waals surface area contributed by atoms with Crippen LogP contribution in [0.5, 0.6) is 11.5 Å². The van der Waals surface area contributed by atoms with Crippen LogP contribution in [-0.2, 0) is 11.2 Å². The highest BCUT2D eigenvalue weighted by molar-refractivity contribution is 6.32. The van der Waals surface area contributed by atoms with Crippen LogP contribution in [0, 0.1) is 5.92 Å². The Kier molecular flexibility index (Phi) is 7.07. The van der Waals surface area contributed by atoms with Crippen LogP contribution < -0.4 is 14.8 Å². The highest BCUT2D eigenvalue weighted by Gasteiger charge is 2.17. The van der Waals surface area contributed by atoms with E-state index in [0.717, 1.165) is 0 Å². The van der Waals surface area contributed by atoms with Gasteiger partial charge in [0.1, 0.15) is 0 Å². The normalized spacial score (nSPS) is 10.6. The summed E-state index contributed by atoms with van der Waals surface area (Å²) in [5.41, 5.74) is 1.22. The molecule has 2 aromatic carbocycles. The van der Waals surface area contributed by atoms with Gasteiger partial charge in [0.15, 0.2) is 11.5 Å². The second-order valence-corrected chi connectivity index (χ2v) is 6.78. The average Bonchev–Trinajstić information content (AvgIpc) is 2.61. The molecule has 1 amide bonds. The van der Waals surface area contributed by atoms with E-state index in [1.165, 1.54) is 19.2 Å². The SMILES string of the molecule is COc1cc(C(=O)Nc2ccccc2CC(=O)O)cc(Cl)c1OCC(C)C. The number of carboxylic acid groups (broad SMARTS) is 1. The molecular weight excluding hydrogens is 370 g/mol. The van der Waals surface area contributed by atoms with Gasteiger partial charge in [-0.3, -0.25) is 9.59 Å². The van der Waals surface area contributed by atoms with Crippen LogP contribution >= 0.6 is 11.6 Å². The van der Waals surface area contributed by atoms with Crippen LogP contribution in [0.25, 0.3) is 0 Å². The molecule has 2 N–H and O–H groups in total. The molecule has 2 rings (SSSR count). The summed E-state index contributed by atoms with van der Waals surface area (Å²) in [6.07, 6.45) is -0.192. The summed E-state index contributed by atoms with van der Waals surface area (Å²) < 4.78 is 11.0. The molecule has 0 aromatic heterocycles. The fraction of sp³-hybridized carbons (Fsp3) is 0.300. The van der Waals surface area contributed by atoms with Crippen molar-refractivity contribution in [2.75, 3.05) is 19.0 Å². The summed E-state index contributed by atoms with van der Waals surface area (Å²) in [5.74, 6) is -0.362. The quantitative estimate of drug-likeness (QED) is 0.702. The molecule has 0 radical (unpaired) electrons. The fourth-order valence-corrected chi connectivity index (χ4v) is 2.66. The number of hydrogen-bond donors (Lipinski definition) is 2. The zero-order valence-corrected chi connectivity index (χ0v) is 16.2. The molecule has 7 heteroatoms. The van der Waals surface area contributed by atoms with Crippen molar-refractivity contribution in [1.29, 1.82) is 0 Å². The number of halogens is 1. The third-order valence-electron chi connectivity index (χ3n) is 3.66. The van der Waals surface area contributed by atoms with E-state index in [-0.39, 0.29) is 17.0 Å². The van der Waals surface area contributed by atoms with E-state index in [1.54, 1.807) is 24.3 Å². The number of carbonyl (C=O) groups excluding carboxylic acids is 1. The molecule has 0 saturated carbocycles. The number of aliphatic carboxylic acids is 1. The maximum atomic E-state index is 12.6. The highest BCUT2D eigenvalue weighted by atomic mass is 35.5. The van der Waals surface area contributed by atoms with Crippen molar-refractivity contribution < 1.29 is 24.2 Å². The topological polar surface area (TPSA) is 84.9 Å². The van der Waals surface area contributed by atoms with E-state index in [1.807, 2.05) is 13.8 Å². The molecule has 0 spiro atoms. The van der Waals surface area contributed by atoms with E-state index >= 15 is 0 Å². The molecule has 144 valence electrons. The molecule has 0 saturated heterocycles. The minimum Gasteiger partial charge on any atom is -0.493 e. The molecular formula is C20H22ClNO5. The summed E-state index contributed by atoms with van der Waals surface area (Å²) in [5, 5.41) is 12.0. The predicted octanol–water partition coefficient (Wildman–Crippen LogP) is 4.26. The third kappa shape index (κ3) is 5.62. The van der Waals surface area contributed by atoms with Crippen molar-refractivity contribution in [2.24, 2.45) is 5.92 Å². The smallest absolute Gasteiger partial charge is 0.307 e. The van der Waals surface area contributed by atoms with Gasteiger partial charge < -0.3 is 19.9 Å². The number of carboxylic acids is 1. The second kappa shape index (κ2) is 9.28. The zero-order chi connectivity index (χ0) is 20.0. The fourth-order valence-electron chi connectivity index (χ4n) is 2.39. The van der Waals surface area contributed by atoms with E-state index in [0.29, 0.717) is 35.3 Å². The number of benzene rings is 2. The summed E-state index contributed by atoms with van der Waals surface area (Å²) in [6.45, 7) is 4.48. The number of rotatable bonds is 8.